The average Bonchev–Trinajstić information content (AvgIpc) is 2.72. The van der Waals surface area contributed by atoms with Crippen molar-refractivity contribution < 1.29 is 0 Å². The van der Waals surface area contributed by atoms with Crippen LogP contribution < -0.4 is 5.73 Å². The maximum Gasteiger partial charge on any atom is 0.100 e. The summed E-state index contributed by atoms with van der Waals surface area (Å²) in [4.78, 5) is 4.38. The molecule has 0 amide bonds. The number of fused-ring (bicyclic) bond motifs is 1. The highest BCUT2D eigenvalue weighted by Gasteiger charge is 2.06. The molecular weight excluding hydrogens is 325 g/mol. The summed E-state index contributed by atoms with van der Waals surface area (Å²) in [6.45, 7) is 0. The monoisotopic (exact) mass is 335 g/mol. The number of nitrogens with two attached hydrogens (primary N) is 1. The summed E-state index contributed by atoms with van der Waals surface area (Å²) < 4.78 is 3.28. The largest absolute Gasteiger partial charge is 0.399 e. The molecule has 0 aliphatic carbocycles. The summed E-state index contributed by atoms with van der Waals surface area (Å²) in [5.41, 5.74) is 9.62. The molecule has 2 N–H and O–H groups in total. The van der Waals surface area contributed by atoms with Crippen LogP contribution in [0.2, 0.25) is 0 Å². The molecule has 0 saturated heterocycles. The Bertz CT molecular complexity index is 688. The Labute approximate surface area is 112 Å². The number of nitrogen functional groups attached to an aromatic ring is 1. The van der Waals surface area contributed by atoms with Gasteiger partial charge in [0.05, 0.1) is 16.7 Å². The number of aromatic nitrogens is 2. The number of halogens is 1. The molecule has 3 rings (SSSR count). The van der Waals surface area contributed by atoms with Crippen molar-refractivity contribution in [2.24, 2.45) is 0 Å². The lowest BCUT2D eigenvalue weighted by Gasteiger charge is -2.06. The molecule has 2 aromatic carbocycles. The van der Waals surface area contributed by atoms with Crippen LogP contribution in [0, 0.1) is 3.57 Å². The zero-order valence-electron chi connectivity index (χ0n) is 8.97. The van der Waals surface area contributed by atoms with Gasteiger partial charge >= 0.3 is 0 Å². The van der Waals surface area contributed by atoms with E-state index in [4.69, 9.17) is 5.73 Å². The molecule has 0 aliphatic rings. The fourth-order valence-corrected chi connectivity index (χ4v) is 2.52. The maximum absolute atomic E-state index is 5.75. The SMILES string of the molecule is Nc1ccc2c(c1)ncn2-c1ccccc1I. The number of anilines is 1. The summed E-state index contributed by atoms with van der Waals surface area (Å²) in [6, 6.07) is 14.0. The van der Waals surface area contributed by atoms with E-state index in [0.717, 1.165) is 22.4 Å². The molecule has 17 heavy (non-hydrogen) atoms. The van der Waals surface area contributed by atoms with Crippen LogP contribution in [-0.4, -0.2) is 9.55 Å². The second kappa shape index (κ2) is 4.03. The van der Waals surface area contributed by atoms with Gasteiger partial charge in [0.25, 0.3) is 0 Å². The molecule has 0 saturated carbocycles. The molecule has 0 unspecified atom stereocenters. The highest BCUT2D eigenvalue weighted by Crippen LogP contribution is 2.23. The van der Waals surface area contributed by atoms with Crippen LogP contribution in [0.5, 0.6) is 0 Å². The van der Waals surface area contributed by atoms with Gasteiger partial charge in [-0.05, 0) is 52.9 Å². The number of hydrogen-bond acceptors (Lipinski definition) is 2. The molecule has 84 valence electrons. The van der Waals surface area contributed by atoms with Gasteiger partial charge in [0.15, 0.2) is 0 Å². The Morgan fingerprint density at radius 3 is 2.76 bits per heavy atom. The van der Waals surface area contributed by atoms with E-state index < -0.39 is 0 Å². The predicted octanol–water partition coefficient (Wildman–Crippen LogP) is 3.21. The van der Waals surface area contributed by atoms with Crippen LogP contribution in [0.4, 0.5) is 5.69 Å². The Kier molecular flexibility index (Phi) is 2.51. The van der Waals surface area contributed by atoms with E-state index in [1.165, 1.54) is 3.57 Å². The zero-order valence-corrected chi connectivity index (χ0v) is 11.1. The van der Waals surface area contributed by atoms with Crippen LogP contribution in [0.25, 0.3) is 16.7 Å². The van der Waals surface area contributed by atoms with Crippen LogP contribution in [0.3, 0.4) is 0 Å². The van der Waals surface area contributed by atoms with Gasteiger partial charge in [-0.15, -0.1) is 0 Å². The number of para-hydroxylation sites is 1. The minimum absolute atomic E-state index is 0.741. The Hall–Kier alpha value is -1.56. The van der Waals surface area contributed by atoms with E-state index >= 15 is 0 Å². The fourth-order valence-electron chi connectivity index (χ4n) is 1.87. The van der Waals surface area contributed by atoms with Crippen molar-refractivity contribution in [3.05, 3.63) is 52.4 Å². The van der Waals surface area contributed by atoms with Gasteiger partial charge < -0.3 is 5.73 Å². The molecule has 0 spiro atoms. The highest BCUT2D eigenvalue weighted by atomic mass is 127. The molecular formula is C13H10IN3. The van der Waals surface area contributed by atoms with E-state index in [-0.39, 0.29) is 0 Å². The van der Waals surface area contributed by atoms with Crippen molar-refractivity contribution in [1.82, 2.24) is 9.55 Å². The lowest BCUT2D eigenvalue weighted by Crippen LogP contribution is -1.94. The third-order valence-electron chi connectivity index (χ3n) is 2.68. The average molecular weight is 335 g/mol. The van der Waals surface area contributed by atoms with Crippen molar-refractivity contribution in [3.63, 3.8) is 0 Å². The Morgan fingerprint density at radius 2 is 1.94 bits per heavy atom. The number of benzene rings is 2. The van der Waals surface area contributed by atoms with Crippen molar-refractivity contribution in [3.8, 4) is 5.69 Å². The van der Waals surface area contributed by atoms with Crippen LogP contribution in [0.15, 0.2) is 48.8 Å². The predicted molar refractivity (Wildman–Crippen MR) is 78.2 cm³/mol. The third-order valence-corrected chi connectivity index (χ3v) is 3.60. The number of rotatable bonds is 1. The zero-order chi connectivity index (χ0) is 11.8. The van der Waals surface area contributed by atoms with Gasteiger partial charge in [0.2, 0.25) is 0 Å². The van der Waals surface area contributed by atoms with Crippen LogP contribution in [-0.2, 0) is 0 Å². The van der Waals surface area contributed by atoms with Crippen molar-refractivity contribution >= 4 is 39.3 Å². The minimum atomic E-state index is 0.741. The molecule has 0 bridgehead atoms. The molecule has 1 heterocycles. The lowest BCUT2D eigenvalue weighted by atomic mass is 10.2. The van der Waals surface area contributed by atoms with Crippen molar-refractivity contribution in [1.29, 1.82) is 0 Å². The standard InChI is InChI=1S/C13H10IN3/c14-10-3-1-2-4-12(10)17-8-16-11-7-9(15)5-6-13(11)17/h1-8H,15H2. The number of hydrogen-bond donors (Lipinski definition) is 1. The molecule has 0 atom stereocenters. The first kappa shape index (κ1) is 10.6. The summed E-state index contributed by atoms with van der Waals surface area (Å²) >= 11 is 2.33. The van der Waals surface area contributed by atoms with E-state index in [1.54, 1.807) is 0 Å². The first-order chi connectivity index (χ1) is 8.25. The normalized spacial score (nSPS) is 10.9. The highest BCUT2D eigenvalue weighted by molar-refractivity contribution is 14.1. The molecule has 0 radical (unpaired) electrons. The molecule has 3 nitrogen and oxygen atoms in total. The first-order valence-electron chi connectivity index (χ1n) is 5.23. The van der Waals surface area contributed by atoms with E-state index in [2.05, 4.69) is 44.3 Å². The number of nitrogens with zero attached hydrogens (tertiary/aromatic N) is 2. The Morgan fingerprint density at radius 1 is 1.12 bits per heavy atom. The number of imidazole rings is 1. The van der Waals surface area contributed by atoms with Gasteiger partial charge in [0, 0.05) is 9.26 Å². The molecule has 0 fully saturated rings. The smallest absolute Gasteiger partial charge is 0.100 e. The van der Waals surface area contributed by atoms with Gasteiger partial charge in [-0.1, -0.05) is 12.1 Å². The molecule has 4 heteroatoms. The van der Waals surface area contributed by atoms with Gasteiger partial charge in [-0.25, -0.2) is 4.98 Å². The second-order valence-electron chi connectivity index (χ2n) is 3.81. The summed E-state index contributed by atoms with van der Waals surface area (Å²) in [5, 5.41) is 0. The minimum Gasteiger partial charge on any atom is -0.399 e. The van der Waals surface area contributed by atoms with Crippen LogP contribution in [0.1, 0.15) is 0 Å². The Balaban J connectivity index is 2.29. The van der Waals surface area contributed by atoms with Gasteiger partial charge in [-0.3, -0.25) is 4.57 Å². The van der Waals surface area contributed by atoms with E-state index in [9.17, 15) is 0 Å². The maximum atomic E-state index is 5.75. The fraction of sp³-hybridized carbons (Fsp3) is 0. The summed E-state index contributed by atoms with van der Waals surface area (Å²) in [7, 11) is 0. The second-order valence-corrected chi connectivity index (χ2v) is 4.98. The van der Waals surface area contributed by atoms with Gasteiger partial charge in [-0.2, -0.15) is 0 Å². The molecule has 0 aliphatic heterocycles. The topological polar surface area (TPSA) is 43.8 Å². The lowest BCUT2D eigenvalue weighted by molar-refractivity contribution is 1.08. The van der Waals surface area contributed by atoms with Crippen LogP contribution >= 0.6 is 22.6 Å². The molecule has 3 aromatic rings. The van der Waals surface area contributed by atoms with E-state index in [0.29, 0.717) is 0 Å². The van der Waals surface area contributed by atoms with Gasteiger partial charge in [0.1, 0.15) is 6.33 Å². The summed E-state index contributed by atoms with van der Waals surface area (Å²) in [6.07, 6.45) is 1.83. The quantitative estimate of drug-likeness (QED) is 0.548. The third kappa shape index (κ3) is 1.78. The summed E-state index contributed by atoms with van der Waals surface area (Å²) in [5.74, 6) is 0. The van der Waals surface area contributed by atoms with Crippen molar-refractivity contribution in [2.45, 2.75) is 0 Å². The van der Waals surface area contributed by atoms with E-state index in [1.807, 2.05) is 36.7 Å². The first-order valence-corrected chi connectivity index (χ1v) is 6.31. The molecule has 1 aromatic heterocycles. The van der Waals surface area contributed by atoms with Crippen molar-refractivity contribution in [2.75, 3.05) is 5.73 Å².